The molecule has 3 N–H and O–H groups in total. The van der Waals surface area contributed by atoms with Gasteiger partial charge in [-0.1, -0.05) is 44.2 Å². The quantitative estimate of drug-likeness (QED) is 0.636. The van der Waals surface area contributed by atoms with Gasteiger partial charge in [0.05, 0.1) is 0 Å². The van der Waals surface area contributed by atoms with E-state index >= 15 is 0 Å². The monoisotopic (exact) mass is 350 g/mol. The smallest absolute Gasteiger partial charge is 0.251 e. The van der Waals surface area contributed by atoms with E-state index in [2.05, 4.69) is 20.8 Å². The van der Waals surface area contributed by atoms with E-state index in [9.17, 15) is 9.59 Å². The number of rotatable bonds is 6. The van der Waals surface area contributed by atoms with Crippen LogP contribution in [-0.4, -0.2) is 28.6 Å². The molecule has 1 heterocycles. The van der Waals surface area contributed by atoms with Gasteiger partial charge in [-0.3, -0.25) is 14.7 Å². The van der Waals surface area contributed by atoms with E-state index in [1.165, 1.54) is 0 Å². The number of fused-ring (bicyclic) bond motifs is 1. The highest BCUT2D eigenvalue weighted by atomic mass is 16.2. The Labute approximate surface area is 152 Å². The fourth-order valence-corrected chi connectivity index (χ4v) is 2.62. The molecule has 3 rings (SSSR count). The maximum Gasteiger partial charge on any atom is 0.251 e. The number of nitrogens with one attached hydrogen (secondary N) is 3. The number of nitrogens with zero attached hydrogens (tertiary/aromatic N) is 1. The predicted octanol–water partition coefficient (Wildman–Crippen LogP) is 3.44. The maximum atomic E-state index is 12.2. The number of anilines is 1. The number of hydrogen-bond donors (Lipinski definition) is 3. The summed E-state index contributed by atoms with van der Waals surface area (Å²) in [7, 11) is 0. The lowest BCUT2D eigenvalue weighted by molar-refractivity contribution is -0.116. The van der Waals surface area contributed by atoms with Crippen molar-refractivity contribution in [1.82, 2.24) is 15.5 Å². The minimum absolute atomic E-state index is 0.184. The maximum absolute atomic E-state index is 12.2. The van der Waals surface area contributed by atoms with Crippen LogP contribution in [0.1, 0.15) is 42.2 Å². The number of aromatic nitrogens is 2. The van der Waals surface area contributed by atoms with Gasteiger partial charge in [0, 0.05) is 30.3 Å². The van der Waals surface area contributed by atoms with E-state index in [0.717, 1.165) is 16.5 Å². The van der Waals surface area contributed by atoms with Crippen LogP contribution in [-0.2, 0) is 4.79 Å². The van der Waals surface area contributed by atoms with Crippen LogP contribution in [0.3, 0.4) is 0 Å². The molecule has 0 bridgehead atoms. The first-order valence-electron chi connectivity index (χ1n) is 8.65. The van der Waals surface area contributed by atoms with Crippen LogP contribution < -0.4 is 10.6 Å². The normalized spacial score (nSPS) is 10.9. The molecule has 6 heteroatoms. The molecule has 0 aliphatic rings. The van der Waals surface area contributed by atoms with Gasteiger partial charge in [-0.15, -0.1) is 0 Å². The highest BCUT2D eigenvalue weighted by molar-refractivity contribution is 5.99. The van der Waals surface area contributed by atoms with Crippen LogP contribution in [0.25, 0.3) is 10.8 Å². The molecule has 0 spiro atoms. The summed E-state index contributed by atoms with van der Waals surface area (Å²) in [4.78, 5) is 24.2. The third kappa shape index (κ3) is 4.27. The average molecular weight is 350 g/mol. The average Bonchev–Trinajstić information content (AvgIpc) is 3.10. The van der Waals surface area contributed by atoms with Crippen LogP contribution in [0.5, 0.6) is 0 Å². The van der Waals surface area contributed by atoms with Crippen molar-refractivity contribution in [3.05, 3.63) is 59.8 Å². The summed E-state index contributed by atoms with van der Waals surface area (Å²) in [6.07, 6.45) is 0.184. The number of carbonyl (C=O) groups is 2. The highest BCUT2D eigenvalue weighted by Crippen LogP contribution is 2.16. The number of H-pyrrole nitrogens is 1. The van der Waals surface area contributed by atoms with Gasteiger partial charge >= 0.3 is 0 Å². The molecule has 0 unspecified atom stereocenters. The Balaban J connectivity index is 1.49. The van der Waals surface area contributed by atoms with Gasteiger partial charge in [0.1, 0.15) is 0 Å². The van der Waals surface area contributed by atoms with Gasteiger partial charge in [0.25, 0.3) is 5.91 Å². The Morgan fingerprint density at radius 2 is 1.85 bits per heavy atom. The van der Waals surface area contributed by atoms with Crippen LogP contribution >= 0.6 is 0 Å². The van der Waals surface area contributed by atoms with Crippen LogP contribution in [0.2, 0.25) is 0 Å². The summed E-state index contributed by atoms with van der Waals surface area (Å²) in [5.74, 6) is 0.435. The van der Waals surface area contributed by atoms with Gasteiger partial charge in [-0.2, -0.15) is 5.10 Å². The Kier molecular flexibility index (Phi) is 5.31. The molecule has 0 saturated heterocycles. The van der Waals surface area contributed by atoms with Crippen molar-refractivity contribution >= 4 is 28.4 Å². The molecule has 26 heavy (non-hydrogen) atoms. The zero-order valence-electron chi connectivity index (χ0n) is 14.9. The summed E-state index contributed by atoms with van der Waals surface area (Å²) >= 11 is 0. The Morgan fingerprint density at radius 3 is 2.58 bits per heavy atom. The molecule has 0 aliphatic carbocycles. The number of amides is 2. The molecule has 3 aromatic rings. The lowest BCUT2D eigenvalue weighted by Crippen LogP contribution is -2.27. The van der Waals surface area contributed by atoms with Crippen LogP contribution in [0.4, 0.5) is 5.82 Å². The first-order chi connectivity index (χ1) is 12.5. The number of benzene rings is 2. The molecule has 0 aliphatic heterocycles. The minimum atomic E-state index is -0.189. The van der Waals surface area contributed by atoms with E-state index in [1.807, 2.05) is 56.3 Å². The van der Waals surface area contributed by atoms with E-state index in [0.29, 0.717) is 17.3 Å². The van der Waals surface area contributed by atoms with Crippen molar-refractivity contribution in [2.24, 2.45) is 0 Å². The van der Waals surface area contributed by atoms with Gasteiger partial charge in [-0.25, -0.2) is 0 Å². The summed E-state index contributed by atoms with van der Waals surface area (Å²) in [5.41, 5.74) is 1.54. The van der Waals surface area contributed by atoms with E-state index < -0.39 is 0 Å². The van der Waals surface area contributed by atoms with Gasteiger partial charge in [0.15, 0.2) is 5.82 Å². The van der Waals surface area contributed by atoms with E-state index in [-0.39, 0.29) is 24.8 Å². The van der Waals surface area contributed by atoms with Crippen LogP contribution in [0.15, 0.2) is 48.5 Å². The first-order valence-corrected chi connectivity index (χ1v) is 8.65. The summed E-state index contributed by atoms with van der Waals surface area (Å²) in [6, 6.07) is 15.2. The molecular formula is C20H22N4O2. The molecule has 0 atom stereocenters. The highest BCUT2D eigenvalue weighted by Gasteiger charge is 2.10. The van der Waals surface area contributed by atoms with Gasteiger partial charge in [-0.05, 0) is 28.8 Å². The van der Waals surface area contributed by atoms with Crippen molar-refractivity contribution in [3.63, 3.8) is 0 Å². The predicted molar refractivity (Wildman–Crippen MR) is 102 cm³/mol. The first kappa shape index (κ1) is 17.7. The lowest BCUT2D eigenvalue weighted by atomic mass is 10.1. The van der Waals surface area contributed by atoms with E-state index in [4.69, 9.17) is 0 Å². The Hall–Kier alpha value is -3.15. The molecule has 134 valence electrons. The number of aromatic amines is 1. The fourth-order valence-electron chi connectivity index (χ4n) is 2.62. The molecule has 0 radical (unpaired) electrons. The standard InChI is InChI=1S/C20H22N4O2/c1-13(2)17-12-18(24-23-17)22-19(25)9-10-21-20(26)16-8-7-14-5-3-4-6-15(14)11-16/h3-8,11-13H,9-10H2,1-2H3,(H,21,26)(H2,22,23,24,25). The second-order valence-corrected chi connectivity index (χ2v) is 6.48. The van der Waals surface area contributed by atoms with Gasteiger partial charge < -0.3 is 10.6 Å². The zero-order chi connectivity index (χ0) is 18.5. The molecular weight excluding hydrogens is 328 g/mol. The Morgan fingerprint density at radius 1 is 1.08 bits per heavy atom. The lowest BCUT2D eigenvalue weighted by Gasteiger charge is -2.06. The van der Waals surface area contributed by atoms with Crippen molar-refractivity contribution < 1.29 is 9.59 Å². The molecule has 2 amide bonds. The molecule has 0 saturated carbocycles. The van der Waals surface area contributed by atoms with Crippen LogP contribution in [0, 0.1) is 0 Å². The fraction of sp³-hybridized carbons (Fsp3) is 0.250. The largest absolute Gasteiger partial charge is 0.352 e. The summed E-state index contributed by atoms with van der Waals surface area (Å²) in [6.45, 7) is 4.35. The SMILES string of the molecule is CC(C)c1cc(NC(=O)CCNC(=O)c2ccc3ccccc3c2)n[nH]1. The van der Waals surface area contributed by atoms with Crippen molar-refractivity contribution in [3.8, 4) is 0 Å². The third-order valence-electron chi connectivity index (χ3n) is 4.14. The molecule has 0 fully saturated rings. The molecule has 6 nitrogen and oxygen atoms in total. The van der Waals surface area contributed by atoms with Gasteiger partial charge in [0.2, 0.25) is 5.91 Å². The summed E-state index contributed by atoms with van der Waals surface area (Å²) < 4.78 is 0. The molecule has 2 aromatic carbocycles. The summed E-state index contributed by atoms with van der Waals surface area (Å²) in [5, 5.41) is 14.5. The van der Waals surface area contributed by atoms with E-state index in [1.54, 1.807) is 6.07 Å². The zero-order valence-corrected chi connectivity index (χ0v) is 14.9. The van der Waals surface area contributed by atoms with Crippen molar-refractivity contribution in [2.45, 2.75) is 26.2 Å². The number of hydrogen-bond acceptors (Lipinski definition) is 3. The topological polar surface area (TPSA) is 86.9 Å². The molecule has 1 aromatic heterocycles. The van der Waals surface area contributed by atoms with Crippen molar-refractivity contribution in [1.29, 1.82) is 0 Å². The second kappa shape index (κ2) is 7.82. The third-order valence-corrected chi connectivity index (χ3v) is 4.14. The second-order valence-electron chi connectivity index (χ2n) is 6.48. The number of carbonyl (C=O) groups excluding carboxylic acids is 2. The van der Waals surface area contributed by atoms with Crippen molar-refractivity contribution in [2.75, 3.05) is 11.9 Å². The minimum Gasteiger partial charge on any atom is -0.352 e. The Bertz CT molecular complexity index is 930.